The van der Waals surface area contributed by atoms with E-state index in [0.717, 1.165) is 22.3 Å². The Labute approximate surface area is 276 Å². The largest absolute Gasteiger partial charge is 0.469 e. The quantitative estimate of drug-likeness (QED) is 0.126. The van der Waals surface area contributed by atoms with Crippen LogP contribution in [0, 0.1) is 0 Å². The van der Waals surface area contributed by atoms with Crippen molar-refractivity contribution >= 4 is 11.8 Å². The number of hydrogen-bond donors (Lipinski definition) is 0. The highest BCUT2D eigenvalue weighted by molar-refractivity contribution is 5.87. The van der Waals surface area contributed by atoms with E-state index in [1.807, 2.05) is 121 Å². The molecule has 5 atom stereocenters. The molecule has 8 heteroatoms. The maximum Gasteiger partial charge on any atom is 0.305 e. The third-order valence-corrected chi connectivity index (χ3v) is 8.00. The van der Waals surface area contributed by atoms with Crippen molar-refractivity contribution in [2.75, 3.05) is 13.7 Å². The van der Waals surface area contributed by atoms with Gasteiger partial charge in [-0.2, -0.15) is 0 Å². The molecule has 0 N–H and O–H groups in total. The van der Waals surface area contributed by atoms with Gasteiger partial charge in [0.15, 0.2) is 5.78 Å². The Morgan fingerprint density at radius 3 is 1.45 bits per heavy atom. The molecule has 1 fully saturated rings. The van der Waals surface area contributed by atoms with Crippen LogP contribution in [0.4, 0.5) is 0 Å². The van der Waals surface area contributed by atoms with Crippen LogP contribution < -0.4 is 0 Å². The van der Waals surface area contributed by atoms with Gasteiger partial charge in [-0.05, 0) is 22.3 Å². The monoisotopic (exact) mass is 638 g/mol. The fourth-order valence-electron chi connectivity index (χ4n) is 5.52. The van der Waals surface area contributed by atoms with Gasteiger partial charge in [0, 0.05) is 6.42 Å². The molecule has 0 radical (unpaired) electrons. The zero-order valence-electron chi connectivity index (χ0n) is 26.6. The minimum Gasteiger partial charge on any atom is -0.469 e. The summed E-state index contributed by atoms with van der Waals surface area (Å²) in [5, 5.41) is 0. The summed E-state index contributed by atoms with van der Waals surface area (Å²) in [6.45, 7) is 1.29. The first-order valence-electron chi connectivity index (χ1n) is 15.9. The van der Waals surface area contributed by atoms with E-state index in [-0.39, 0.29) is 38.4 Å². The molecule has 1 aliphatic heterocycles. The van der Waals surface area contributed by atoms with Gasteiger partial charge in [-0.1, -0.05) is 121 Å². The Balaban J connectivity index is 1.46. The lowest BCUT2D eigenvalue weighted by molar-refractivity contribution is -0.267. The zero-order chi connectivity index (χ0) is 32.7. The number of carbonyl (C=O) groups excluding carboxylic acids is 2. The molecule has 0 spiro atoms. The van der Waals surface area contributed by atoms with Crippen LogP contribution in [0.25, 0.3) is 0 Å². The fraction of sp³-hybridized carbons (Fsp3) is 0.333. The van der Waals surface area contributed by atoms with E-state index in [1.54, 1.807) is 0 Å². The average Bonchev–Trinajstić information content (AvgIpc) is 3.13. The van der Waals surface area contributed by atoms with E-state index < -0.39 is 36.5 Å². The van der Waals surface area contributed by atoms with Crippen molar-refractivity contribution in [1.82, 2.24) is 0 Å². The van der Waals surface area contributed by atoms with Crippen molar-refractivity contribution in [2.45, 2.75) is 69.8 Å². The number of esters is 1. The molecule has 4 aromatic rings. The van der Waals surface area contributed by atoms with E-state index >= 15 is 0 Å². The van der Waals surface area contributed by atoms with Gasteiger partial charge < -0.3 is 28.4 Å². The summed E-state index contributed by atoms with van der Waals surface area (Å²) in [4.78, 5) is 25.9. The van der Waals surface area contributed by atoms with Gasteiger partial charge in [-0.25, -0.2) is 0 Å². The van der Waals surface area contributed by atoms with Crippen molar-refractivity contribution in [1.29, 1.82) is 0 Å². The summed E-state index contributed by atoms with van der Waals surface area (Å²) in [6.07, 6.45) is -4.05. The summed E-state index contributed by atoms with van der Waals surface area (Å²) in [6, 6.07) is 39.3. The number of methoxy groups -OCH3 is 1. The van der Waals surface area contributed by atoms with E-state index in [4.69, 9.17) is 28.4 Å². The first-order valence-corrected chi connectivity index (χ1v) is 15.9. The highest BCUT2D eigenvalue weighted by Gasteiger charge is 2.50. The molecule has 0 bridgehead atoms. The lowest BCUT2D eigenvalue weighted by Gasteiger charge is -2.45. The number of ketones is 1. The maximum atomic E-state index is 13.8. The number of ether oxygens (including phenoxy) is 6. The van der Waals surface area contributed by atoms with Crippen molar-refractivity contribution in [2.24, 2.45) is 0 Å². The van der Waals surface area contributed by atoms with Crippen LogP contribution in [0.5, 0.6) is 0 Å². The lowest BCUT2D eigenvalue weighted by Crippen LogP contribution is -2.63. The predicted molar refractivity (Wildman–Crippen MR) is 176 cm³/mol. The Bertz CT molecular complexity index is 1480. The van der Waals surface area contributed by atoms with Gasteiger partial charge in [-0.3, -0.25) is 9.59 Å². The van der Waals surface area contributed by atoms with E-state index in [9.17, 15) is 9.59 Å². The molecule has 0 saturated carbocycles. The Hall–Kier alpha value is -4.18. The topological polar surface area (TPSA) is 89.5 Å². The number of benzene rings is 4. The second kappa shape index (κ2) is 18.2. The van der Waals surface area contributed by atoms with Crippen LogP contribution in [-0.2, 0) is 64.4 Å². The molecule has 0 amide bonds. The molecule has 8 nitrogen and oxygen atoms in total. The van der Waals surface area contributed by atoms with Gasteiger partial charge in [0.05, 0.1) is 46.6 Å². The van der Waals surface area contributed by atoms with Crippen LogP contribution in [0.2, 0.25) is 0 Å². The van der Waals surface area contributed by atoms with Gasteiger partial charge in [0.1, 0.15) is 30.5 Å². The van der Waals surface area contributed by atoms with Gasteiger partial charge in [0.2, 0.25) is 0 Å². The Kier molecular flexibility index (Phi) is 13.3. The first kappa shape index (κ1) is 34.2. The minimum atomic E-state index is -1.04. The third kappa shape index (κ3) is 10.4. The second-order valence-electron chi connectivity index (χ2n) is 11.4. The summed E-state index contributed by atoms with van der Waals surface area (Å²) in [5.74, 6) is -0.754. The predicted octanol–water partition coefficient (Wildman–Crippen LogP) is 6.25. The molecule has 1 saturated heterocycles. The first-order chi connectivity index (χ1) is 23.1. The molecule has 0 aromatic heterocycles. The van der Waals surface area contributed by atoms with E-state index in [2.05, 4.69) is 0 Å². The molecule has 246 valence electrons. The van der Waals surface area contributed by atoms with Gasteiger partial charge in [0.25, 0.3) is 0 Å². The van der Waals surface area contributed by atoms with Crippen molar-refractivity contribution in [3.8, 4) is 0 Å². The molecule has 47 heavy (non-hydrogen) atoms. The highest BCUT2D eigenvalue weighted by Crippen LogP contribution is 2.32. The van der Waals surface area contributed by atoms with Crippen molar-refractivity contribution in [3.63, 3.8) is 0 Å². The normalized spacial score (nSPS) is 20.8. The van der Waals surface area contributed by atoms with Crippen molar-refractivity contribution < 1.29 is 38.0 Å². The minimum absolute atomic E-state index is 0.0684. The van der Waals surface area contributed by atoms with E-state index in [1.165, 1.54) is 7.11 Å². The summed E-state index contributed by atoms with van der Waals surface area (Å²) in [7, 11) is 1.30. The van der Waals surface area contributed by atoms with Gasteiger partial charge in [-0.15, -0.1) is 0 Å². The average molecular weight is 639 g/mol. The van der Waals surface area contributed by atoms with Crippen molar-refractivity contribution in [3.05, 3.63) is 144 Å². The molecule has 0 unspecified atom stereocenters. The molecule has 0 aliphatic carbocycles. The van der Waals surface area contributed by atoms with Crippen LogP contribution in [-0.4, -0.2) is 56.0 Å². The van der Waals surface area contributed by atoms with E-state index in [0.29, 0.717) is 13.2 Å². The smallest absolute Gasteiger partial charge is 0.305 e. The number of Topliss-reactive ketones (excluding diaryl/α,β-unsaturated/α-hetero) is 1. The fourth-order valence-corrected chi connectivity index (χ4v) is 5.52. The molecular weight excluding hydrogens is 596 g/mol. The number of hydrogen-bond acceptors (Lipinski definition) is 8. The Morgan fingerprint density at radius 1 is 0.553 bits per heavy atom. The molecule has 5 rings (SSSR count). The van der Waals surface area contributed by atoms with Crippen LogP contribution in [0.3, 0.4) is 0 Å². The summed E-state index contributed by atoms with van der Waals surface area (Å²) >= 11 is 0. The maximum absolute atomic E-state index is 13.8. The molecular formula is C39H42O8. The van der Waals surface area contributed by atoms with Gasteiger partial charge >= 0.3 is 5.97 Å². The number of rotatable bonds is 17. The third-order valence-electron chi connectivity index (χ3n) is 8.00. The van der Waals surface area contributed by atoms with Crippen LogP contribution in [0.15, 0.2) is 121 Å². The summed E-state index contributed by atoms with van der Waals surface area (Å²) < 4.78 is 37.4. The molecule has 4 aromatic carbocycles. The lowest BCUT2D eigenvalue weighted by atomic mass is 9.90. The highest BCUT2D eigenvalue weighted by atomic mass is 16.6. The SMILES string of the molecule is COC(=O)CCC(=O)[C@@H]1O[C@H](COCc2ccccc2)[C@@H](OCc2ccccc2)[C@H](OCc2ccccc2)[C@H]1OCc1ccccc1. The molecule has 1 aliphatic rings. The summed E-state index contributed by atoms with van der Waals surface area (Å²) in [5.41, 5.74) is 3.89. The molecule has 1 heterocycles. The second-order valence-corrected chi connectivity index (χ2v) is 11.4. The standard InChI is InChI=1S/C39H42O8/c1-42-35(41)23-22-33(40)36-38(45-26-31-18-10-4-11-19-31)39(46-27-32-20-12-5-13-21-32)37(44-25-30-16-8-3-9-17-30)34(47-36)28-43-24-29-14-6-2-7-15-29/h2-21,34,36-39H,22-28H2,1H3/t34-,36+,37-,38+,39+/m1/s1. The van der Waals surface area contributed by atoms with Crippen LogP contribution >= 0.6 is 0 Å². The van der Waals surface area contributed by atoms with Crippen LogP contribution in [0.1, 0.15) is 35.1 Å². The number of carbonyl (C=O) groups is 2. The Morgan fingerprint density at radius 2 is 0.979 bits per heavy atom. The zero-order valence-corrected chi connectivity index (χ0v) is 26.6.